The number of carbonyl (C=O) groups is 1. The van der Waals surface area contributed by atoms with E-state index in [1.807, 2.05) is 6.07 Å². The second-order valence-corrected chi connectivity index (χ2v) is 6.07. The Balaban J connectivity index is 1.78. The summed E-state index contributed by atoms with van der Waals surface area (Å²) >= 11 is 5.80. The van der Waals surface area contributed by atoms with Gasteiger partial charge in [0.15, 0.2) is 0 Å². The number of carbonyl (C=O) groups excluding carboxylic acids is 1. The molecule has 0 aliphatic carbocycles. The number of nitro groups is 1. The van der Waals surface area contributed by atoms with Gasteiger partial charge < -0.3 is 9.73 Å². The SMILES string of the molecule is N#CC(=Cc1ccc(-c2ccc([N+](=O)[O-])cc2)o1)C(=O)Nc1ccc(Cl)cc1. The molecule has 138 valence electrons. The third-order valence-electron chi connectivity index (χ3n) is 3.74. The molecule has 0 spiro atoms. The van der Waals surface area contributed by atoms with E-state index in [1.54, 1.807) is 48.5 Å². The molecular formula is C20H12ClN3O4. The number of rotatable bonds is 5. The number of nitrogens with one attached hydrogen (secondary N) is 1. The van der Waals surface area contributed by atoms with E-state index in [0.717, 1.165) is 0 Å². The van der Waals surface area contributed by atoms with Crippen molar-refractivity contribution in [2.45, 2.75) is 0 Å². The van der Waals surface area contributed by atoms with Crippen LogP contribution >= 0.6 is 11.6 Å². The van der Waals surface area contributed by atoms with Crippen LogP contribution in [0.4, 0.5) is 11.4 Å². The summed E-state index contributed by atoms with van der Waals surface area (Å²) < 4.78 is 5.62. The average molecular weight is 394 g/mol. The molecule has 0 radical (unpaired) electrons. The molecule has 8 heteroatoms. The van der Waals surface area contributed by atoms with Crippen LogP contribution in [0, 0.1) is 21.4 Å². The maximum Gasteiger partial charge on any atom is 0.269 e. The van der Waals surface area contributed by atoms with E-state index in [9.17, 15) is 20.2 Å². The zero-order chi connectivity index (χ0) is 20.1. The molecule has 1 N–H and O–H groups in total. The number of hydrogen-bond acceptors (Lipinski definition) is 5. The number of amides is 1. The molecular weight excluding hydrogens is 382 g/mol. The molecule has 3 aromatic rings. The number of nitrogens with zero attached hydrogens (tertiary/aromatic N) is 2. The number of halogens is 1. The van der Waals surface area contributed by atoms with Gasteiger partial charge in [0.2, 0.25) is 0 Å². The van der Waals surface area contributed by atoms with Gasteiger partial charge in [-0.3, -0.25) is 14.9 Å². The van der Waals surface area contributed by atoms with Gasteiger partial charge in [0.1, 0.15) is 23.2 Å². The topological polar surface area (TPSA) is 109 Å². The lowest BCUT2D eigenvalue weighted by atomic mass is 10.1. The molecule has 0 aliphatic rings. The summed E-state index contributed by atoms with van der Waals surface area (Å²) in [6.07, 6.45) is 1.32. The second kappa shape index (κ2) is 8.20. The molecule has 7 nitrogen and oxygen atoms in total. The molecule has 0 bridgehead atoms. The van der Waals surface area contributed by atoms with Crippen LogP contribution in [0.1, 0.15) is 5.76 Å². The smallest absolute Gasteiger partial charge is 0.269 e. The maximum absolute atomic E-state index is 12.3. The zero-order valence-corrected chi connectivity index (χ0v) is 15.0. The molecule has 3 rings (SSSR count). The lowest BCUT2D eigenvalue weighted by Gasteiger charge is -2.03. The highest BCUT2D eigenvalue weighted by Crippen LogP contribution is 2.25. The Morgan fingerprint density at radius 2 is 1.79 bits per heavy atom. The Morgan fingerprint density at radius 1 is 1.11 bits per heavy atom. The molecule has 1 amide bonds. The van der Waals surface area contributed by atoms with Crippen LogP contribution in [-0.4, -0.2) is 10.8 Å². The van der Waals surface area contributed by atoms with E-state index in [2.05, 4.69) is 5.32 Å². The predicted molar refractivity (Wildman–Crippen MR) is 104 cm³/mol. The monoisotopic (exact) mass is 393 g/mol. The summed E-state index contributed by atoms with van der Waals surface area (Å²) in [4.78, 5) is 22.5. The third-order valence-corrected chi connectivity index (χ3v) is 4.00. The van der Waals surface area contributed by atoms with Gasteiger partial charge in [0, 0.05) is 34.5 Å². The van der Waals surface area contributed by atoms with Crippen LogP contribution in [0.2, 0.25) is 5.02 Å². The second-order valence-electron chi connectivity index (χ2n) is 5.64. The first-order chi connectivity index (χ1) is 13.5. The fraction of sp³-hybridized carbons (Fsp3) is 0. The quantitative estimate of drug-likeness (QED) is 0.282. The molecule has 1 heterocycles. The van der Waals surface area contributed by atoms with Crippen molar-refractivity contribution >= 4 is 35.0 Å². The number of anilines is 1. The van der Waals surface area contributed by atoms with Gasteiger partial charge in [-0.15, -0.1) is 0 Å². The predicted octanol–water partition coefficient (Wildman–Crippen LogP) is 5.05. The minimum atomic E-state index is -0.585. The highest BCUT2D eigenvalue weighted by atomic mass is 35.5. The van der Waals surface area contributed by atoms with Gasteiger partial charge in [0.25, 0.3) is 11.6 Å². The summed E-state index contributed by atoms with van der Waals surface area (Å²) in [7, 11) is 0. The van der Waals surface area contributed by atoms with Gasteiger partial charge in [0.05, 0.1) is 4.92 Å². The largest absolute Gasteiger partial charge is 0.457 e. The first-order valence-electron chi connectivity index (χ1n) is 7.99. The Hall–Kier alpha value is -3.89. The first kappa shape index (κ1) is 18.9. The Bertz CT molecular complexity index is 1090. The molecule has 0 unspecified atom stereocenters. The van der Waals surface area contributed by atoms with Crippen LogP contribution in [0.25, 0.3) is 17.4 Å². The van der Waals surface area contributed by atoms with Crippen molar-refractivity contribution in [2.75, 3.05) is 5.32 Å². The van der Waals surface area contributed by atoms with Crippen LogP contribution in [0.3, 0.4) is 0 Å². The summed E-state index contributed by atoms with van der Waals surface area (Å²) in [6, 6.07) is 17.4. The molecule has 0 fully saturated rings. The van der Waals surface area contributed by atoms with Gasteiger partial charge >= 0.3 is 0 Å². The summed E-state index contributed by atoms with van der Waals surface area (Å²) in [5.41, 5.74) is 0.969. The Labute approximate surface area is 164 Å². The number of nitro benzene ring substituents is 1. The van der Waals surface area contributed by atoms with E-state index < -0.39 is 10.8 Å². The minimum Gasteiger partial charge on any atom is -0.457 e. The van der Waals surface area contributed by atoms with E-state index in [1.165, 1.54) is 18.2 Å². The van der Waals surface area contributed by atoms with Crippen molar-refractivity contribution in [3.63, 3.8) is 0 Å². The Morgan fingerprint density at radius 3 is 2.39 bits per heavy atom. The maximum atomic E-state index is 12.3. The summed E-state index contributed by atoms with van der Waals surface area (Å²) in [5.74, 6) is 0.172. The van der Waals surface area contributed by atoms with E-state index in [4.69, 9.17) is 16.0 Å². The van der Waals surface area contributed by atoms with Gasteiger partial charge in [-0.2, -0.15) is 5.26 Å². The Kier molecular flexibility index (Phi) is 5.53. The highest BCUT2D eigenvalue weighted by Gasteiger charge is 2.12. The number of furan rings is 1. The highest BCUT2D eigenvalue weighted by molar-refractivity contribution is 6.30. The number of hydrogen-bond donors (Lipinski definition) is 1. The summed E-state index contributed by atoms with van der Waals surface area (Å²) in [5, 5.41) is 23.1. The fourth-order valence-corrected chi connectivity index (χ4v) is 2.48. The number of non-ortho nitro benzene ring substituents is 1. The first-order valence-corrected chi connectivity index (χ1v) is 8.37. The third kappa shape index (κ3) is 4.44. The average Bonchev–Trinajstić information content (AvgIpc) is 3.16. The van der Waals surface area contributed by atoms with Crippen molar-refractivity contribution in [3.8, 4) is 17.4 Å². The molecule has 28 heavy (non-hydrogen) atoms. The zero-order valence-electron chi connectivity index (χ0n) is 14.3. The van der Waals surface area contributed by atoms with Crippen LogP contribution < -0.4 is 5.32 Å². The van der Waals surface area contributed by atoms with Crippen molar-refractivity contribution in [1.29, 1.82) is 5.26 Å². The molecule has 0 aliphatic heterocycles. The molecule has 0 saturated carbocycles. The van der Waals surface area contributed by atoms with Crippen molar-refractivity contribution in [2.24, 2.45) is 0 Å². The number of benzene rings is 2. The van der Waals surface area contributed by atoms with Crippen LogP contribution in [-0.2, 0) is 4.79 Å². The molecule has 0 saturated heterocycles. The van der Waals surface area contributed by atoms with Crippen LogP contribution in [0.5, 0.6) is 0 Å². The van der Waals surface area contributed by atoms with Crippen LogP contribution in [0.15, 0.2) is 70.7 Å². The lowest BCUT2D eigenvalue weighted by molar-refractivity contribution is -0.384. The van der Waals surface area contributed by atoms with Gasteiger partial charge in [-0.1, -0.05) is 11.6 Å². The van der Waals surface area contributed by atoms with Crippen molar-refractivity contribution < 1.29 is 14.1 Å². The van der Waals surface area contributed by atoms with E-state index in [-0.39, 0.29) is 11.3 Å². The fourth-order valence-electron chi connectivity index (χ4n) is 2.36. The normalized spacial score (nSPS) is 10.9. The van der Waals surface area contributed by atoms with E-state index in [0.29, 0.717) is 27.8 Å². The van der Waals surface area contributed by atoms with E-state index >= 15 is 0 Å². The summed E-state index contributed by atoms with van der Waals surface area (Å²) in [6.45, 7) is 0. The van der Waals surface area contributed by atoms with Gasteiger partial charge in [-0.25, -0.2) is 0 Å². The number of nitriles is 1. The van der Waals surface area contributed by atoms with Crippen molar-refractivity contribution in [3.05, 3.63) is 87.1 Å². The molecule has 0 atom stereocenters. The molecule has 1 aromatic heterocycles. The van der Waals surface area contributed by atoms with Gasteiger partial charge in [-0.05, 0) is 48.5 Å². The standard InChI is InChI=1S/C20H12ClN3O4/c21-15-3-5-16(6-4-15)23-20(25)14(12-22)11-18-9-10-19(28-18)13-1-7-17(8-2-13)24(26)27/h1-11H,(H,23,25). The molecule has 2 aromatic carbocycles. The minimum absolute atomic E-state index is 0.0268. The lowest BCUT2D eigenvalue weighted by Crippen LogP contribution is -2.13. The van der Waals surface area contributed by atoms with Crippen molar-refractivity contribution in [1.82, 2.24) is 0 Å².